The third-order valence-electron chi connectivity index (χ3n) is 10.9. The highest BCUT2D eigenvalue weighted by Crippen LogP contribution is 2.19. The number of rotatable bonds is 40. The molecule has 0 aliphatic rings. The van der Waals surface area contributed by atoms with Gasteiger partial charge in [-0.15, -0.1) is 0 Å². The van der Waals surface area contributed by atoms with Crippen LogP contribution in [-0.2, 0) is 19.1 Å². The summed E-state index contributed by atoms with van der Waals surface area (Å²) in [4.78, 5) is 51.3. The molecular weight excluding hydrogens is 691 g/mol. The number of hydrogen-bond donors (Lipinski definition) is 2. The molecule has 1 aromatic carbocycles. The van der Waals surface area contributed by atoms with E-state index in [2.05, 4.69) is 43.2 Å². The number of carbonyl (C=O) groups excluding carboxylic acids is 2. The van der Waals surface area contributed by atoms with E-state index in [1.165, 1.54) is 44.9 Å². The molecule has 1 aromatic rings. The largest absolute Gasteiger partial charge is 0.462 e. The van der Waals surface area contributed by atoms with Crippen LogP contribution >= 0.6 is 0 Å². The summed E-state index contributed by atoms with van der Waals surface area (Å²) in [7, 11) is 1.67. The van der Waals surface area contributed by atoms with Crippen LogP contribution in [0.15, 0.2) is 9.59 Å². The molecule has 1 rings (SSSR count). The van der Waals surface area contributed by atoms with Gasteiger partial charge in [0, 0.05) is 26.4 Å². The summed E-state index contributed by atoms with van der Waals surface area (Å²) in [5.74, 6) is -0.0486. The normalized spacial score (nSPS) is 12.6. The molecule has 55 heavy (non-hydrogen) atoms. The van der Waals surface area contributed by atoms with Crippen LogP contribution in [0.1, 0.15) is 214 Å². The molecule has 0 saturated carbocycles. The first-order valence-electron chi connectivity index (χ1n) is 23.2. The molecule has 0 aromatic heterocycles. The van der Waals surface area contributed by atoms with Gasteiger partial charge in [0.2, 0.25) is 0 Å². The van der Waals surface area contributed by atoms with Gasteiger partial charge in [-0.3, -0.25) is 19.2 Å². The second-order valence-corrected chi connectivity index (χ2v) is 16.0. The Hall–Kier alpha value is -2.42. The maximum absolute atomic E-state index is 12.7. The van der Waals surface area contributed by atoms with Crippen molar-refractivity contribution in [3.8, 4) is 0 Å². The molecule has 2 unspecified atom stereocenters. The molecule has 0 fully saturated rings. The monoisotopic (exact) mass is 776 g/mol. The van der Waals surface area contributed by atoms with Crippen molar-refractivity contribution in [1.29, 1.82) is 0 Å². The Labute approximate surface area is 336 Å². The number of carbonyl (C=O) groups is 2. The maximum Gasteiger partial charge on any atom is 0.306 e. The van der Waals surface area contributed by atoms with Crippen LogP contribution in [0, 0.1) is 0 Å². The number of unbranched alkanes of at least 4 members (excludes halogenated alkanes) is 16. The first-order chi connectivity index (χ1) is 26.8. The zero-order valence-electron chi connectivity index (χ0n) is 36.4. The second kappa shape index (κ2) is 34.8. The fraction of sp³-hybridized carbons (Fsp3) is 0.870. The summed E-state index contributed by atoms with van der Waals surface area (Å²) in [6.45, 7) is 12.4. The van der Waals surface area contributed by atoms with Gasteiger partial charge in [-0.25, -0.2) is 0 Å². The quantitative estimate of drug-likeness (QED) is 0.0382. The van der Waals surface area contributed by atoms with Crippen LogP contribution < -0.4 is 21.5 Å². The van der Waals surface area contributed by atoms with Crippen molar-refractivity contribution < 1.29 is 19.1 Å². The molecule has 320 valence electrons. The van der Waals surface area contributed by atoms with E-state index < -0.39 is 10.9 Å². The molecule has 0 heterocycles. The first-order valence-corrected chi connectivity index (χ1v) is 23.2. The average molecular weight is 776 g/mol. The minimum atomic E-state index is -0.441. The minimum absolute atomic E-state index is 0.0117. The van der Waals surface area contributed by atoms with Crippen molar-refractivity contribution in [2.75, 3.05) is 43.9 Å². The standard InChI is InChI=1S/C46H85N3O6/c1-6-10-13-17-23-32-40(31-22-14-11-7-2)55-42(51)34-25-19-16-21-27-37-49(38-28-35-48-44-43(47-5)45(52)46(44)53)36-26-20-15-18-24-33-41(50)54-39(29-9-4)30-12-8-3/h39-40,47-48H,6-38H2,1-5H3. The first kappa shape index (κ1) is 50.6. The minimum Gasteiger partial charge on any atom is -0.462 e. The Morgan fingerprint density at radius 1 is 0.491 bits per heavy atom. The van der Waals surface area contributed by atoms with Gasteiger partial charge in [0.25, 0.3) is 10.9 Å². The van der Waals surface area contributed by atoms with E-state index in [-0.39, 0.29) is 24.1 Å². The summed E-state index contributed by atoms with van der Waals surface area (Å²) >= 11 is 0. The zero-order chi connectivity index (χ0) is 40.4. The lowest BCUT2D eigenvalue weighted by Crippen LogP contribution is -2.37. The highest BCUT2D eigenvalue weighted by molar-refractivity contribution is 5.73. The van der Waals surface area contributed by atoms with Crippen LogP contribution in [0.3, 0.4) is 0 Å². The predicted molar refractivity (Wildman–Crippen MR) is 232 cm³/mol. The lowest BCUT2D eigenvalue weighted by molar-refractivity contribution is -0.151. The molecule has 2 N–H and O–H groups in total. The SMILES string of the molecule is CCCCCCCC(CCCCCC)OC(=O)CCCCCCCN(CCCCCCCC(=O)OC(CCC)CCCC)CCCNc1c(NC)c(=O)c1=O. The Balaban J connectivity index is 2.41. The van der Waals surface area contributed by atoms with Crippen molar-refractivity contribution in [2.24, 2.45) is 0 Å². The fourth-order valence-corrected chi connectivity index (χ4v) is 7.46. The van der Waals surface area contributed by atoms with Gasteiger partial charge < -0.3 is 25.0 Å². The summed E-state index contributed by atoms with van der Waals surface area (Å²) in [5.41, 5.74) is -0.0671. The summed E-state index contributed by atoms with van der Waals surface area (Å²) in [6.07, 6.45) is 31.1. The Bertz CT molecular complexity index is 1150. The summed E-state index contributed by atoms with van der Waals surface area (Å²) in [5, 5.41) is 6.00. The topological polar surface area (TPSA) is 114 Å². The summed E-state index contributed by atoms with van der Waals surface area (Å²) < 4.78 is 11.8. The van der Waals surface area contributed by atoms with E-state index in [0.717, 1.165) is 148 Å². The molecule has 0 bridgehead atoms. The van der Waals surface area contributed by atoms with Gasteiger partial charge in [0.1, 0.15) is 23.6 Å². The highest BCUT2D eigenvalue weighted by Gasteiger charge is 2.19. The van der Waals surface area contributed by atoms with Gasteiger partial charge in [0.15, 0.2) is 0 Å². The van der Waals surface area contributed by atoms with Crippen molar-refractivity contribution in [2.45, 2.75) is 226 Å². The van der Waals surface area contributed by atoms with Crippen molar-refractivity contribution in [3.05, 3.63) is 20.4 Å². The maximum atomic E-state index is 12.7. The lowest BCUT2D eigenvalue weighted by atomic mass is 10.0. The molecule has 0 amide bonds. The number of anilines is 2. The van der Waals surface area contributed by atoms with Crippen LogP contribution in [0.2, 0.25) is 0 Å². The van der Waals surface area contributed by atoms with Crippen molar-refractivity contribution in [3.63, 3.8) is 0 Å². The molecule has 0 saturated heterocycles. The Kier molecular flexibility index (Phi) is 32.0. The molecule has 0 aliphatic heterocycles. The van der Waals surface area contributed by atoms with Gasteiger partial charge in [0.05, 0.1) is 0 Å². The Morgan fingerprint density at radius 3 is 1.44 bits per heavy atom. The number of esters is 2. The fourth-order valence-electron chi connectivity index (χ4n) is 7.46. The van der Waals surface area contributed by atoms with E-state index >= 15 is 0 Å². The number of hydrogen-bond acceptors (Lipinski definition) is 9. The molecular formula is C46H85N3O6. The van der Waals surface area contributed by atoms with Crippen LogP contribution in [0.25, 0.3) is 0 Å². The molecule has 2 atom stereocenters. The molecule has 9 nitrogen and oxygen atoms in total. The lowest BCUT2D eigenvalue weighted by Gasteiger charge is -2.23. The van der Waals surface area contributed by atoms with E-state index in [4.69, 9.17) is 9.47 Å². The second-order valence-electron chi connectivity index (χ2n) is 16.0. The van der Waals surface area contributed by atoms with Gasteiger partial charge in [-0.2, -0.15) is 0 Å². The molecule has 0 radical (unpaired) electrons. The molecule has 0 aliphatic carbocycles. The van der Waals surface area contributed by atoms with E-state index in [1.807, 2.05) is 0 Å². The number of nitrogens with zero attached hydrogens (tertiary/aromatic N) is 1. The van der Waals surface area contributed by atoms with Crippen molar-refractivity contribution in [1.82, 2.24) is 4.90 Å². The van der Waals surface area contributed by atoms with Gasteiger partial charge in [-0.05, 0) is 90.3 Å². The van der Waals surface area contributed by atoms with Crippen LogP contribution in [0.4, 0.5) is 11.4 Å². The third-order valence-corrected chi connectivity index (χ3v) is 10.9. The molecule has 0 spiro atoms. The van der Waals surface area contributed by atoms with E-state index in [1.54, 1.807) is 7.05 Å². The third kappa shape index (κ3) is 25.5. The zero-order valence-corrected chi connectivity index (χ0v) is 36.4. The van der Waals surface area contributed by atoms with E-state index in [0.29, 0.717) is 30.8 Å². The highest BCUT2D eigenvalue weighted by atomic mass is 16.5. The smallest absolute Gasteiger partial charge is 0.306 e. The van der Waals surface area contributed by atoms with Crippen LogP contribution in [0.5, 0.6) is 0 Å². The van der Waals surface area contributed by atoms with Gasteiger partial charge in [-0.1, -0.05) is 130 Å². The Morgan fingerprint density at radius 2 is 0.909 bits per heavy atom. The van der Waals surface area contributed by atoms with Crippen molar-refractivity contribution >= 4 is 23.3 Å². The van der Waals surface area contributed by atoms with E-state index in [9.17, 15) is 19.2 Å². The van der Waals surface area contributed by atoms with Crippen LogP contribution in [-0.4, -0.2) is 62.3 Å². The molecule has 9 heteroatoms. The predicted octanol–water partition coefficient (Wildman–Crippen LogP) is 11.3. The number of nitrogens with one attached hydrogen (secondary N) is 2. The number of ether oxygens (including phenoxy) is 2. The average Bonchev–Trinajstić information content (AvgIpc) is 3.18. The van der Waals surface area contributed by atoms with Gasteiger partial charge >= 0.3 is 11.9 Å². The summed E-state index contributed by atoms with van der Waals surface area (Å²) in [6, 6.07) is 0.